The van der Waals surface area contributed by atoms with Gasteiger partial charge in [-0.2, -0.15) is 0 Å². The highest BCUT2D eigenvalue weighted by molar-refractivity contribution is 5.07. The number of ether oxygens (including phenoxy) is 1. The van der Waals surface area contributed by atoms with Gasteiger partial charge in [0.15, 0.2) is 0 Å². The highest BCUT2D eigenvalue weighted by Gasteiger charge is 1.89. The van der Waals surface area contributed by atoms with E-state index in [4.69, 9.17) is 4.74 Å². The zero-order valence-corrected chi connectivity index (χ0v) is 7.29. The van der Waals surface area contributed by atoms with Crippen LogP contribution in [0.25, 0.3) is 0 Å². The minimum Gasteiger partial charge on any atom is -0.383 e. The van der Waals surface area contributed by atoms with Crippen LogP contribution in [0.2, 0.25) is 0 Å². The normalized spacial score (nSPS) is 10.1. The molecule has 0 bridgehead atoms. The van der Waals surface area contributed by atoms with Crippen molar-refractivity contribution in [3.8, 4) is 0 Å². The van der Waals surface area contributed by atoms with Crippen LogP contribution in [0.15, 0.2) is 24.5 Å². The second-order valence-electron chi connectivity index (χ2n) is 2.53. The Balaban J connectivity index is 2.16. The fourth-order valence-corrected chi connectivity index (χ4v) is 0.910. The Morgan fingerprint density at radius 3 is 3.17 bits per heavy atom. The highest BCUT2D eigenvalue weighted by Crippen LogP contribution is 1.93. The molecule has 0 unspecified atom stereocenters. The molecule has 66 valence electrons. The van der Waals surface area contributed by atoms with Crippen LogP contribution >= 0.6 is 0 Å². The van der Waals surface area contributed by atoms with Crippen molar-refractivity contribution in [3.63, 3.8) is 0 Å². The molecular formula is C9H14N2O. The van der Waals surface area contributed by atoms with Crippen molar-refractivity contribution in [3.05, 3.63) is 30.1 Å². The lowest BCUT2D eigenvalue weighted by atomic mass is 10.3. The fraction of sp³-hybridized carbons (Fsp3) is 0.444. The van der Waals surface area contributed by atoms with Gasteiger partial charge in [0, 0.05) is 32.6 Å². The summed E-state index contributed by atoms with van der Waals surface area (Å²) in [5.74, 6) is 0. The Morgan fingerprint density at radius 2 is 2.50 bits per heavy atom. The van der Waals surface area contributed by atoms with Crippen LogP contribution in [0.5, 0.6) is 0 Å². The molecule has 0 aliphatic carbocycles. The van der Waals surface area contributed by atoms with Crippen molar-refractivity contribution >= 4 is 0 Å². The van der Waals surface area contributed by atoms with Gasteiger partial charge in [-0.15, -0.1) is 0 Å². The first-order chi connectivity index (χ1) is 5.93. The minimum atomic E-state index is 0.750. The fourth-order valence-electron chi connectivity index (χ4n) is 0.910. The highest BCUT2D eigenvalue weighted by atomic mass is 16.5. The van der Waals surface area contributed by atoms with E-state index in [1.54, 1.807) is 13.3 Å². The summed E-state index contributed by atoms with van der Waals surface area (Å²) in [7, 11) is 1.70. The zero-order valence-electron chi connectivity index (χ0n) is 7.29. The molecule has 1 aromatic heterocycles. The quantitative estimate of drug-likeness (QED) is 0.657. The minimum absolute atomic E-state index is 0.750. The van der Waals surface area contributed by atoms with Crippen LogP contribution in [0.3, 0.4) is 0 Å². The van der Waals surface area contributed by atoms with Gasteiger partial charge in [-0.25, -0.2) is 0 Å². The number of hydrogen-bond donors (Lipinski definition) is 1. The Labute approximate surface area is 72.8 Å². The first-order valence-corrected chi connectivity index (χ1v) is 4.02. The summed E-state index contributed by atoms with van der Waals surface area (Å²) in [5.41, 5.74) is 1.20. The van der Waals surface area contributed by atoms with E-state index in [0.29, 0.717) is 0 Å². The molecule has 0 radical (unpaired) electrons. The maximum atomic E-state index is 4.90. The van der Waals surface area contributed by atoms with E-state index in [2.05, 4.69) is 10.3 Å². The average Bonchev–Trinajstić information content (AvgIpc) is 2.14. The van der Waals surface area contributed by atoms with Crippen LogP contribution < -0.4 is 5.32 Å². The molecule has 0 aromatic carbocycles. The SMILES string of the molecule is COCCNCc1cccnc1. The smallest absolute Gasteiger partial charge is 0.0587 e. The summed E-state index contributed by atoms with van der Waals surface area (Å²) in [6.45, 7) is 2.49. The molecule has 0 atom stereocenters. The van der Waals surface area contributed by atoms with E-state index < -0.39 is 0 Å². The third kappa shape index (κ3) is 3.46. The van der Waals surface area contributed by atoms with Gasteiger partial charge in [-0.3, -0.25) is 4.98 Å². The molecule has 1 N–H and O–H groups in total. The van der Waals surface area contributed by atoms with E-state index in [1.165, 1.54) is 5.56 Å². The van der Waals surface area contributed by atoms with E-state index in [-0.39, 0.29) is 0 Å². The molecule has 0 aliphatic rings. The molecule has 1 heterocycles. The first kappa shape index (κ1) is 9.16. The maximum Gasteiger partial charge on any atom is 0.0587 e. The number of aromatic nitrogens is 1. The second-order valence-corrected chi connectivity index (χ2v) is 2.53. The van der Waals surface area contributed by atoms with Crippen molar-refractivity contribution < 1.29 is 4.74 Å². The van der Waals surface area contributed by atoms with Crippen LogP contribution in [-0.4, -0.2) is 25.2 Å². The van der Waals surface area contributed by atoms with E-state index in [0.717, 1.165) is 19.7 Å². The van der Waals surface area contributed by atoms with Gasteiger partial charge in [0.25, 0.3) is 0 Å². The van der Waals surface area contributed by atoms with Crippen LogP contribution in [-0.2, 0) is 11.3 Å². The molecule has 0 saturated heterocycles. The molecule has 0 saturated carbocycles. The summed E-state index contributed by atoms with van der Waals surface area (Å²) < 4.78 is 4.90. The molecule has 0 fully saturated rings. The third-order valence-corrected chi connectivity index (χ3v) is 1.53. The summed E-state index contributed by atoms with van der Waals surface area (Å²) in [6, 6.07) is 3.99. The number of nitrogens with zero attached hydrogens (tertiary/aromatic N) is 1. The molecule has 0 amide bonds. The first-order valence-electron chi connectivity index (χ1n) is 4.02. The molecular weight excluding hydrogens is 152 g/mol. The summed E-state index contributed by atoms with van der Waals surface area (Å²) in [5, 5.41) is 3.24. The van der Waals surface area contributed by atoms with Crippen molar-refractivity contribution in [2.45, 2.75) is 6.54 Å². The maximum absolute atomic E-state index is 4.90. The summed E-state index contributed by atoms with van der Waals surface area (Å²) >= 11 is 0. The predicted octanol–water partition coefficient (Wildman–Crippen LogP) is 0.818. The molecule has 1 rings (SSSR count). The lowest BCUT2D eigenvalue weighted by Gasteiger charge is -2.02. The summed E-state index contributed by atoms with van der Waals surface area (Å²) in [6.07, 6.45) is 3.64. The van der Waals surface area contributed by atoms with Crippen LogP contribution in [0, 0.1) is 0 Å². The van der Waals surface area contributed by atoms with Gasteiger partial charge >= 0.3 is 0 Å². The Kier molecular flexibility index (Phi) is 4.34. The molecule has 1 aromatic rings. The van der Waals surface area contributed by atoms with Gasteiger partial charge in [0.2, 0.25) is 0 Å². The van der Waals surface area contributed by atoms with Gasteiger partial charge in [0.05, 0.1) is 6.61 Å². The van der Waals surface area contributed by atoms with Crippen molar-refractivity contribution in [1.29, 1.82) is 0 Å². The topological polar surface area (TPSA) is 34.1 Å². The molecule has 3 heteroatoms. The van der Waals surface area contributed by atoms with Crippen molar-refractivity contribution in [2.75, 3.05) is 20.3 Å². The number of pyridine rings is 1. The third-order valence-electron chi connectivity index (χ3n) is 1.53. The molecule has 12 heavy (non-hydrogen) atoms. The average molecular weight is 166 g/mol. The molecule has 0 aliphatic heterocycles. The molecule has 3 nitrogen and oxygen atoms in total. The van der Waals surface area contributed by atoms with E-state index >= 15 is 0 Å². The number of hydrogen-bond acceptors (Lipinski definition) is 3. The summed E-state index contributed by atoms with van der Waals surface area (Å²) in [4.78, 5) is 4.01. The lowest BCUT2D eigenvalue weighted by Crippen LogP contribution is -2.18. The Bertz CT molecular complexity index is 201. The van der Waals surface area contributed by atoms with E-state index in [9.17, 15) is 0 Å². The van der Waals surface area contributed by atoms with Gasteiger partial charge in [-0.1, -0.05) is 6.07 Å². The standard InChI is InChI=1S/C9H14N2O/c1-12-6-5-11-8-9-3-2-4-10-7-9/h2-4,7,11H,5-6,8H2,1H3. The van der Waals surface area contributed by atoms with Crippen molar-refractivity contribution in [1.82, 2.24) is 10.3 Å². The molecule has 0 spiro atoms. The second kappa shape index (κ2) is 5.69. The Morgan fingerprint density at radius 1 is 1.58 bits per heavy atom. The predicted molar refractivity (Wildman–Crippen MR) is 47.8 cm³/mol. The zero-order chi connectivity index (χ0) is 8.65. The van der Waals surface area contributed by atoms with Gasteiger partial charge in [-0.05, 0) is 11.6 Å². The lowest BCUT2D eigenvalue weighted by molar-refractivity contribution is 0.199. The van der Waals surface area contributed by atoms with Gasteiger partial charge in [0.1, 0.15) is 0 Å². The number of methoxy groups -OCH3 is 1. The number of nitrogens with one attached hydrogen (secondary N) is 1. The van der Waals surface area contributed by atoms with Crippen LogP contribution in [0.4, 0.5) is 0 Å². The largest absolute Gasteiger partial charge is 0.383 e. The van der Waals surface area contributed by atoms with Crippen LogP contribution in [0.1, 0.15) is 5.56 Å². The number of rotatable bonds is 5. The van der Waals surface area contributed by atoms with Gasteiger partial charge < -0.3 is 10.1 Å². The monoisotopic (exact) mass is 166 g/mol. The Hall–Kier alpha value is -0.930. The van der Waals surface area contributed by atoms with E-state index in [1.807, 2.05) is 18.3 Å². The van der Waals surface area contributed by atoms with Crippen molar-refractivity contribution in [2.24, 2.45) is 0 Å².